The lowest BCUT2D eigenvalue weighted by molar-refractivity contribution is -0.130. The highest BCUT2D eigenvalue weighted by molar-refractivity contribution is 7.10. The Hall–Kier alpha value is -1.31. The van der Waals surface area contributed by atoms with Gasteiger partial charge in [0.15, 0.2) is 0 Å². The lowest BCUT2D eigenvalue weighted by Gasteiger charge is -2.15. The van der Waals surface area contributed by atoms with Crippen LogP contribution < -0.4 is 0 Å². The summed E-state index contributed by atoms with van der Waals surface area (Å²) in [5.74, 6) is 6.79. The molecule has 0 radical (unpaired) electrons. The van der Waals surface area contributed by atoms with Crippen molar-refractivity contribution >= 4 is 17.2 Å². The van der Waals surface area contributed by atoms with Crippen LogP contribution in [0, 0.1) is 17.8 Å². The molecule has 0 bridgehead atoms. The Morgan fingerprint density at radius 2 is 2.37 bits per heavy atom. The third-order valence-electron chi connectivity index (χ3n) is 3.10. The average molecular weight is 277 g/mol. The number of amides is 1. The molecule has 1 aliphatic rings. The van der Waals surface area contributed by atoms with Crippen molar-refractivity contribution in [1.82, 2.24) is 4.90 Å². The summed E-state index contributed by atoms with van der Waals surface area (Å²) in [6, 6.07) is 2.02. The Bertz CT molecular complexity index is 494. The van der Waals surface area contributed by atoms with E-state index < -0.39 is 0 Å². The van der Waals surface area contributed by atoms with E-state index in [9.17, 15) is 4.79 Å². The van der Waals surface area contributed by atoms with E-state index in [4.69, 9.17) is 5.11 Å². The lowest BCUT2D eigenvalue weighted by Crippen LogP contribution is -2.25. The highest BCUT2D eigenvalue weighted by atomic mass is 32.1. The van der Waals surface area contributed by atoms with Crippen molar-refractivity contribution < 1.29 is 9.90 Å². The van der Waals surface area contributed by atoms with E-state index in [0.717, 1.165) is 10.4 Å². The monoisotopic (exact) mass is 277 g/mol. The largest absolute Gasteiger partial charge is 0.395 e. The molecule has 0 unspecified atom stereocenters. The van der Waals surface area contributed by atoms with Crippen LogP contribution in [0.1, 0.15) is 36.1 Å². The van der Waals surface area contributed by atoms with Crippen molar-refractivity contribution in [2.45, 2.75) is 32.2 Å². The van der Waals surface area contributed by atoms with E-state index in [1.807, 2.05) is 18.5 Å². The molecule has 0 spiro atoms. The SMILES string of the molecule is CN(Cc1cc(C#CCCO)cs1)C(=O)CC1CC1. The maximum atomic E-state index is 11.9. The third-order valence-corrected chi connectivity index (χ3v) is 4.02. The standard InChI is InChI=1S/C15H19NO2S/c1-16(15(18)9-12-5-6-12)10-14-8-13(11-19-14)4-2-3-7-17/h8,11-12,17H,3,5-7,9-10H2,1H3. The number of thiophene rings is 1. The van der Waals surface area contributed by atoms with Crippen LogP contribution in [0.4, 0.5) is 0 Å². The molecule has 4 heteroatoms. The molecule has 0 saturated heterocycles. The highest BCUT2D eigenvalue weighted by Crippen LogP contribution is 2.32. The molecular weight excluding hydrogens is 258 g/mol. The number of rotatable bonds is 5. The van der Waals surface area contributed by atoms with Crippen molar-refractivity contribution in [3.63, 3.8) is 0 Å². The molecule has 1 fully saturated rings. The molecule has 0 aromatic carbocycles. The fraction of sp³-hybridized carbons (Fsp3) is 0.533. The number of aliphatic hydroxyl groups is 1. The van der Waals surface area contributed by atoms with Gasteiger partial charge in [-0.3, -0.25) is 4.79 Å². The fourth-order valence-corrected chi connectivity index (χ4v) is 2.66. The van der Waals surface area contributed by atoms with Crippen molar-refractivity contribution in [2.75, 3.05) is 13.7 Å². The summed E-state index contributed by atoms with van der Waals surface area (Å²) in [6.45, 7) is 0.764. The van der Waals surface area contributed by atoms with Crippen LogP contribution in [0.3, 0.4) is 0 Å². The van der Waals surface area contributed by atoms with Crippen LogP contribution >= 0.6 is 11.3 Å². The summed E-state index contributed by atoms with van der Waals surface area (Å²) >= 11 is 1.63. The zero-order valence-corrected chi connectivity index (χ0v) is 12.0. The molecule has 1 heterocycles. The van der Waals surface area contributed by atoms with Gasteiger partial charge in [0, 0.05) is 35.7 Å². The first-order valence-corrected chi connectivity index (χ1v) is 7.48. The van der Waals surface area contributed by atoms with Crippen LogP contribution in [-0.2, 0) is 11.3 Å². The molecule has 1 amide bonds. The van der Waals surface area contributed by atoms with Gasteiger partial charge in [0.05, 0.1) is 13.2 Å². The quantitative estimate of drug-likeness (QED) is 0.839. The van der Waals surface area contributed by atoms with Gasteiger partial charge >= 0.3 is 0 Å². The number of carbonyl (C=O) groups is 1. The Balaban J connectivity index is 1.84. The molecule has 1 aliphatic carbocycles. The van der Waals surface area contributed by atoms with Gasteiger partial charge < -0.3 is 10.0 Å². The molecule has 3 nitrogen and oxygen atoms in total. The Morgan fingerprint density at radius 1 is 1.58 bits per heavy atom. The van der Waals surface area contributed by atoms with Gasteiger partial charge in [-0.2, -0.15) is 0 Å². The Morgan fingerprint density at radius 3 is 3.05 bits per heavy atom. The maximum absolute atomic E-state index is 11.9. The summed E-state index contributed by atoms with van der Waals surface area (Å²) in [6.07, 6.45) is 3.63. The van der Waals surface area contributed by atoms with E-state index in [2.05, 4.69) is 11.8 Å². The van der Waals surface area contributed by atoms with Crippen molar-refractivity contribution in [3.05, 3.63) is 21.9 Å². The van der Waals surface area contributed by atoms with Gasteiger partial charge in [0.2, 0.25) is 5.91 Å². The minimum absolute atomic E-state index is 0.0996. The normalized spacial score (nSPS) is 13.8. The molecular formula is C15H19NO2S. The van der Waals surface area contributed by atoms with Crippen LogP contribution in [0.15, 0.2) is 11.4 Å². The first-order chi connectivity index (χ1) is 9.19. The minimum Gasteiger partial charge on any atom is -0.395 e. The molecule has 102 valence electrons. The summed E-state index contributed by atoms with van der Waals surface area (Å²) < 4.78 is 0. The molecule has 1 aromatic heterocycles. The second kappa shape index (κ2) is 6.74. The van der Waals surface area contributed by atoms with E-state index in [0.29, 0.717) is 25.3 Å². The minimum atomic E-state index is 0.0996. The van der Waals surface area contributed by atoms with Gasteiger partial charge in [-0.15, -0.1) is 11.3 Å². The van der Waals surface area contributed by atoms with Crippen LogP contribution in [0.5, 0.6) is 0 Å². The molecule has 0 atom stereocenters. The number of aliphatic hydroxyl groups excluding tert-OH is 1. The predicted molar refractivity (Wildman–Crippen MR) is 76.7 cm³/mol. The smallest absolute Gasteiger partial charge is 0.222 e. The molecule has 1 N–H and O–H groups in total. The van der Waals surface area contributed by atoms with Crippen molar-refractivity contribution in [3.8, 4) is 11.8 Å². The first-order valence-electron chi connectivity index (χ1n) is 6.60. The van der Waals surface area contributed by atoms with Gasteiger partial charge in [-0.25, -0.2) is 0 Å². The zero-order chi connectivity index (χ0) is 13.7. The molecule has 1 saturated carbocycles. The van der Waals surface area contributed by atoms with E-state index in [1.54, 1.807) is 16.2 Å². The van der Waals surface area contributed by atoms with Crippen molar-refractivity contribution in [2.24, 2.45) is 5.92 Å². The van der Waals surface area contributed by atoms with Gasteiger partial charge in [-0.05, 0) is 24.8 Å². The molecule has 19 heavy (non-hydrogen) atoms. The lowest BCUT2D eigenvalue weighted by atomic mass is 10.2. The van der Waals surface area contributed by atoms with E-state index >= 15 is 0 Å². The Kier molecular flexibility index (Phi) is 5.00. The highest BCUT2D eigenvalue weighted by Gasteiger charge is 2.25. The van der Waals surface area contributed by atoms with Gasteiger partial charge in [0.25, 0.3) is 0 Å². The van der Waals surface area contributed by atoms with Crippen LogP contribution in [-0.4, -0.2) is 29.6 Å². The maximum Gasteiger partial charge on any atom is 0.222 e. The molecule has 1 aromatic rings. The number of hydrogen-bond acceptors (Lipinski definition) is 3. The summed E-state index contributed by atoms with van der Waals surface area (Å²) in [5, 5.41) is 10.7. The summed E-state index contributed by atoms with van der Waals surface area (Å²) in [5.41, 5.74) is 0.969. The summed E-state index contributed by atoms with van der Waals surface area (Å²) in [7, 11) is 1.86. The van der Waals surface area contributed by atoms with Crippen LogP contribution in [0.25, 0.3) is 0 Å². The second-order valence-electron chi connectivity index (χ2n) is 4.97. The summed E-state index contributed by atoms with van der Waals surface area (Å²) in [4.78, 5) is 14.8. The third kappa shape index (κ3) is 4.70. The second-order valence-corrected chi connectivity index (χ2v) is 5.97. The Labute approximate surface area is 118 Å². The van der Waals surface area contributed by atoms with Crippen LogP contribution in [0.2, 0.25) is 0 Å². The number of hydrogen-bond donors (Lipinski definition) is 1. The average Bonchev–Trinajstić information content (AvgIpc) is 3.09. The number of carbonyl (C=O) groups excluding carboxylic acids is 1. The van der Waals surface area contributed by atoms with E-state index in [-0.39, 0.29) is 12.5 Å². The number of nitrogens with zero attached hydrogens (tertiary/aromatic N) is 1. The van der Waals surface area contributed by atoms with Crippen molar-refractivity contribution in [1.29, 1.82) is 0 Å². The fourth-order valence-electron chi connectivity index (χ4n) is 1.80. The van der Waals surface area contributed by atoms with Gasteiger partial charge in [-0.1, -0.05) is 11.8 Å². The molecule has 2 rings (SSSR count). The van der Waals surface area contributed by atoms with E-state index in [1.165, 1.54) is 12.8 Å². The topological polar surface area (TPSA) is 40.5 Å². The first kappa shape index (κ1) is 14.1. The zero-order valence-electron chi connectivity index (χ0n) is 11.2. The predicted octanol–water partition coefficient (Wildman–Crippen LogP) is 2.24. The molecule has 0 aliphatic heterocycles. The van der Waals surface area contributed by atoms with Gasteiger partial charge in [0.1, 0.15) is 0 Å².